The first-order valence-corrected chi connectivity index (χ1v) is 10.6. The zero-order valence-electron chi connectivity index (χ0n) is 19.0. The highest BCUT2D eigenvalue weighted by Crippen LogP contribution is 2.30. The van der Waals surface area contributed by atoms with E-state index in [0.29, 0.717) is 22.0 Å². The van der Waals surface area contributed by atoms with E-state index in [4.69, 9.17) is 21.1 Å². The summed E-state index contributed by atoms with van der Waals surface area (Å²) in [5, 5.41) is 18.0. The molecule has 0 aliphatic carbocycles. The number of nitro benzene ring substituents is 1. The Morgan fingerprint density at radius 3 is 2.33 bits per heavy atom. The molecular formula is C24H19ClN4O7. The van der Waals surface area contributed by atoms with Crippen LogP contribution in [-0.2, 0) is 9.59 Å². The van der Waals surface area contributed by atoms with Crippen LogP contribution in [0.3, 0.4) is 0 Å². The number of rotatable bonds is 7. The third-order valence-electron chi connectivity index (χ3n) is 4.74. The van der Waals surface area contributed by atoms with Gasteiger partial charge in [0.1, 0.15) is 5.56 Å². The lowest BCUT2D eigenvalue weighted by molar-refractivity contribution is -0.385. The monoisotopic (exact) mass is 510 g/mol. The van der Waals surface area contributed by atoms with Crippen molar-refractivity contribution < 1.29 is 28.8 Å². The fourth-order valence-electron chi connectivity index (χ4n) is 2.91. The van der Waals surface area contributed by atoms with E-state index in [1.165, 1.54) is 49.6 Å². The van der Waals surface area contributed by atoms with Crippen molar-refractivity contribution in [1.29, 1.82) is 0 Å². The van der Waals surface area contributed by atoms with Crippen LogP contribution >= 0.6 is 11.6 Å². The molecule has 3 aromatic carbocycles. The number of ether oxygens (including phenoxy) is 2. The minimum Gasteiger partial charge on any atom is -0.493 e. The first-order chi connectivity index (χ1) is 17.2. The quantitative estimate of drug-likeness (QED) is 0.122. The predicted octanol–water partition coefficient (Wildman–Crippen LogP) is 3.95. The Kier molecular flexibility index (Phi) is 8.31. The molecule has 0 heterocycles. The van der Waals surface area contributed by atoms with Crippen LogP contribution in [0, 0.1) is 10.1 Å². The molecule has 0 aromatic heterocycles. The number of hydrazone groups is 1. The Hall–Kier alpha value is -4.77. The van der Waals surface area contributed by atoms with Gasteiger partial charge in [-0.15, -0.1) is 0 Å². The van der Waals surface area contributed by atoms with Crippen molar-refractivity contribution in [3.05, 3.63) is 93.0 Å². The van der Waals surface area contributed by atoms with E-state index in [-0.39, 0.29) is 17.1 Å². The number of nitro groups is 1. The Balaban J connectivity index is 1.70. The molecule has 0 saturated carbocycles. The van der Waals surface area contributed by atoms with Gasteiger partial charge >= 0.3 is 17.8 Å². The molecule has 0 bridgehead atoms. The van der Waals surface area contributed by atoms with Crippen LogP contribution in [-0.4, -0.2) is 35.5 Å². The topological polar surface area (TPSA) is 149 Å². The van der Waals surface area contributed by atoms with E-state index in [1.54, 1.807) is 31.2 Å². The Morgan fingerprint density at radius 1 is 0.972 bits per heavy atom. The maximum Gasteiger partial charge on any atom is 0.350 e. The van der Waals surface area contributed by atoms with Crippen molar-refractivity contribution in [2.24, 2.45) is 5.10 Å². The van der Waals surface area contributed by atoms with Gasteiger partial charge in [-0.05, 0) is 55.5 Å². The lowest BCUT2D eigenvalue weighted by Crippen LogP contribution is -2.32. The summed E-state index contributed by atoms with van der Waals surface area (Å²) in [5.41, 5.74) is 2.73. The molecule has 0 aliphatic rings. The zero-order chi connectivity index (χ0) is 26.2. The molecule has 0 fully saturated rings. The van der Waals surface area contributed by atoms with Gasteiger partial charge in [0, 0.05) is 22.3 Å². The molecule has 0 spiro atoms. The van der Waals surface area contributed by atoms with Crippen molar-refractivity contribution in [3.8, 4) is 11.5 Å². The molecule has 12 heteroatoms. The van der Waals surface area contributed by atoms with Gasteiger partial charge in [0.05, 0.1) is 17.7 Å². The van der Waals surface area contributed by atoms with Crippen LogP contribution in [0.2, 0.25) is 5.02 Å². The van der Waals surface area contributed by atoms with Gasteiger partial charge in [-0.2, -0.15) is 5.10 Å². The number of nitrogens with one attached hydrogen (secondary N) is 2. The molecule has 184 valence electrons. The van der Waals surface area contributed by atoms with Gasteiger partial charge in [-0.3, -0.25) is 19.7 Å². The molecule has 11 nitrogen and oxygen atoms in total. The lowest BCUT2D eigenvalue weighted by atomic mass is 10.1. The highest BCUT2D eigenvalue weighted by molar-refractivity contribution is 6.39. The van der Waals surface area contributed by atoms with Crippen LogP contribution in [0.4, 0.5) is 11.4 Å². The average molecular weight is 511 g/mol. The number of nitrogens with zero attached hydrogens (tertiary/aromatic N) is 2. The van der Waals surface area contributed by atoms with Gasteiger partial charge in [0.2, 0.25) is 0 Å². The number of esters is 1. The van der Waals surface area contributed by atoms with Gasteiger partial charge < -0.3 is 14.8 Å². The number of hydrogen-bond acceptors (Lipinski definition) is 8. The molecule has 0 radical (unpaired) electrons. The first-order valence-electron chi connectivity index (χ1n) is 10.2. The normalized spacial score (nSPS) is 10.8. The molecule has 0 aliphatic heterocycles. The molecule has 2 amide bonds. The number of methoxy groups -OCH3 is 1. The molecule has 3 aromatic rings. The number of carbonyl (C=O) groups is 3. The minimum absolute atomic E-state index is 0.0172. The number of halogens is 1. The fourth-order valence-corrected chi connectivity index (χ4v) is 3.03. The molecule has 0 saturated heterocycles. The van der Waals surface area contributed by atoms with Crippen LogP contribution in [0.15, 0.2) is 71.8 Å². The van der Waals surface area contributed by atoms with E-state index >= 15 is 0 Å². The number of benzene rings is 3. The van der Waals surface area contributed by atoms with Gasteiger partial charge in [0.25, 0.3) is 5.69 Å². The second kappa shape index (κ2) is 11.6. The molecule has 3 rings (SSSR count). The van der Waals surface area contributed by atoms with Gasteiger partial charge in [0.15, 0.2) is 11.5 Å². The standard InChI is InChI=1S/C24H19ClN4O7/c1-14(27-28-23(31)22(30)26-17-10-8-16(25)9-11-17)15-7-12-20(21(13-15)35-2)36-24(32)18-5-3-4-6-19(18)29(33)34/h3-13H,1-2H3,(H,26,30)(H,28,31)/b27-14+. The van der Waals surface area contributed by atoms with Gasteiger partial charge in [-0.25, -0.2) is 10.2 Å². The first kappa shape index (κ1) is 25.8. The summed E-state index contributed by atoms with van der Waals surface area (Å²) in [4.78, 5) is 47.1. The van der Waals surface area contributed by atoms with E-state index in [2.05, 4.69) is 15.8 Å². The summed E-state index contributed by atoms with van der Waals surface area (Å²) in [5.74, 6) is -2.70. The zero-order valence-corrected chi connectivity index (χ0v) is 19.7. The number of carbonyl (C=O) groups excluding carboxylic acids is 3. The molecule has 36 heavy (non-hydrogen) atoms. The van der Waals surface area contributed by atoms with Crippen molar-refractivity contribution in [2.45, 2.75) is 6.92 Å². The van der Waals surface area contributed by atoms with Crippen molar-refractivity contribution in [1.82, 2.24) is 5.43 Å². The van der Waals surface area contributed by atoms with Gasteiger partial charge in [-0.1, -0.05) is 23.7 Å². The Labute approximate surface area is 209 Å². The Bertz CT molecular complexity index is 1360. The number of hydrogen-bond donors (Lipinski definition) is 2. The minimum atomic E-state index is -0.994. The summed E-state index contributed by atoms with van der Waals surface area (Å²) < 4.78 is 10.6. The SMILES string of the molecule is COc1cc(/C(C)=N/NC(=O)C(=O)Nc2ccc(Cl)cc2)ccc1OC(=O)c1ccccc1[N+](=O)[O-]. The molecule has 2 N–H and O–H groups in total. The molecular weight excluding hydrogens is 492 g/mol. The summed E-state index contributed by atoms with van der Waals surface area (Å²) in [6.07, 6.45) is 0. The predicted molar refractivity (Wildman–Crippen MR) is 131 cm³/mol. The number of amides is 2. The lowest BCUT2D eigenvalue weighted by Gasteiger charge is -2.11. The second-order valence-corrected chi connectivity index (χ2v) is 7.57. The van der Waals surface area contributed by atoms with Crippen LogP contribution in [0.5, 0.6) is 11.5 Å². The molecule has 0 atom stereocenters. The molecule has 0 unspecified atom stereocenters. The summed E-state index contributed by atoms with van der Waals surface area (Å²) in [6.45, 7) is 1.57. The summed E-state index contributed by atoms with van der Waals surface area (Å²) >= 11 is 5.79. The van der Waals surface area contributed by atoms with E-state index in [1.807, 2.05) is 0 Å². The maximum atomic E-state index is 12.5. The average Bonchev–Trinajstić information content (AvgIpc) is 2.88. The highest BCUT2D eigenvalue weighted by Gasteiger charge is 2.22. The number of para-hydroxylation sites is 1. The van der Waals surface area contributed by atoms with E-state index in [9.17, 15) is 24.5 Å². The van der Waals surface area contributed by atoms with Crippen LogP contribution in [0.25, 0.3) is 0 Å². The van der Waals surface area contributed by atoms with Crippen LogP contribution in [0.1, 0.15) is 22.8 Å². The third kappa shape index (κ3) is 6.42. The largest absolute Gasteiger partial charge is 0.493 e. The van der Waals surface area contributed by atoms with E-state index in [0.717, 1.165) is 0 Å². The van der Waals surface area contributed by atoms with Crippen molar-refractivity contribution in [2.75, 3.05) is 12.4 Å². The number of anilines is 1. The Morgan fingerprint density at radius 2 is 1.67 bits per heavy atom. The van der Waals surface area contributed by atoms with Crippen molar-refractivity contribution >= 4 is 46.5 Å². The van der Waals surface area contributed by atoms with E-state index < -0.39 is 28.4 Å². The second-order valence-electron chi connectivity index (χ2n) is 7.13. The highest BCUT2D eigenvalue weighted by atomic mass is 35.5. The van der Waals surface area contributed by atoms with Crippen LogP contribution < -0.4 is 20.2 Å². The smallest absolute Gasteiger partial charge is 0.350 e. The fraction of sp³-hybridized carbons (Fsp3) is 0.0833. The maximum absolute atomic E-state index is 12.5. The van der Waals surface area contributed by atoms with Crippen molar-refractivity contribution in [3.63, 3.8) is 0 Å². The summed E-state index contributed by atoms with van der Waals surface area (Å²) in [7, 11) is 1.34. The third-order valence-corrected chi connectivity index (χ3v) is 4.99. The summed E-state index contributed by atoms with van der Waals surface area (Å²) in [6, 6.07) is 16.0.